The van der Waals surface area contributed by atoms with Gasteiger partial charge in [-0.25, -0.2) is 5.06 Å². The number of amides is 1. The Balaban J connectivity index is 1.87. The van der Waals surface area contributed by atoms with Crippen LogP contribution in [0.4, 0.5) is 0 Å². The predicted octanol–water partition coefficient (Wildman–Crippen LogP) is 2.47. The third-order valence-electron chi connectivity index (χ3n) is 3.19. The molecule has 1 N–H and O–H groups in total. The number of hydroxylamine groups is 2. The summed E-state index contributed by atoms with van der Waals surface area (Å²) in [7, 11) is 0. The average Bonchev–Trinajstić information content (AvgIpc) is 3.05. The molecule has 1 aliphatic heterocycles. The van der Waals surface area contributed by atoms with Gasteiger partial charge in [-0.05, 0) is 24.1 Å². The number of aliphatic hydroxyl groups is 1. The molecule has 1 aromatic heterocycles. The molecule has 1 aromatic carbocycles. The van der Waals surface area contributed by atoms with Gasteiger partial charge in [0.15, 0.2) is 0 Å². The fraction of sp³-hybridized carbons (Fsp3) is 0.267. The largest absolute Gasteiger partial charge is 0.389 e. The Morgan fingerprint density at radius 1 is 1.40 bits per heavy atom. The predicted molar refractivity (Wildman–Crippen MR) is 77.5 cm³/mol. The van der Waals surface area contributed by atoms with Gasteiger partial charge in [-0.1, -0.05) is 30.3 Å². The van der Waals surface area contributed by atoms with Crippen LogP contribution in [-0.2, 0) is 4.84 Å². The number of benzene rings is 1. The number of nitrogens with zero attached hydrogens (tertiary/aromatic N) is 1. The van der Waals surface area contributed by atoms with Crippen LogP contribution in [0, 0.1) is 6.92 Å². The zero-order chi connectivity index (χ0) is 14.1. The highest BCUT2D eigenvalue weighted by atomic mass is 32.1. The van der Waals surface area contributed by atoms with Gasteiger partial charge in [0.05, 0.1) is 11.4 Å². The lowest BCUT2D eigenvalue weighted by Crippen LogP contribution is -2.27. The van der Waals surface area contributed by atoms with Crippen molar-refractivity contribution in [2.45, 2.75) is 13.0 Å². The van der Waals surface area contributed by atoms with Crippen molar-refractivity contribution in [3.8, 4) is 10.4 Å². The summed E-state index contributed by atoms with van der Waals surface area (Å²) in [6.07, 6.45) is -0.589. The molecule has 1 aliphatic rings. The summed E-state index contributed by atoms with van der Waals surface area (Å²) >= 11 is 1.46. The van der Waals surface area contributed by atoms with Gasteiger partial charge in [-0.15, -0.1) is 11.3 Å². The maximum absolute atomic E-state index is 12.3. The third kappa shape index (κ3) is 2.47. The zero-order valence-electron chi connectivity index (χ0n) is 11.1. The number of hydrogen-bond donors (Lipinski definition) is 1. The van der Waals surface area contributed by atoms with Crippen molar-refractivity contribution in [2.24, 2.45) is 0 Å². The van der Waals surface area contributed by atoms with Gasteiger partial charge < -0.3 is 5.11 Å². The third-order valence-corrected chi connectivity index (χ3v) is 4.46. The maximum Gasteiger partial charge on any atom is 0.287 e. The molecular formula is C15H15NO3S. The number of aryl methyl sites for hydroxylation is 1. The molecule has 5 heteroatoms. The van der Waals surface area contributed by atoms with E-state index < -0.39 is 6.10 Å². The molecule has 0 saturated carbocycles. The van der Waals surface area contributed by atoms with Crippen LogP contribution in [0.5, 0.6) is 0 Å². The van der Waals surface area contributed by atoms with Crippen molar-refractivity contribution >= 4 is 17.2 Å². The lowest BCUT2D eigenvalue weighted by atomic mass is 10.1. The highest BCUT2D eigenvalue weighted by Crippen LogP contribution is 2.33. The van der Waals surface area contributed by atoms with Gasteiger partial charge in [0.2, 0.25) is 0 Å². The average molecular weight is 289 g/mol. The minimum atomic E-state index is -0.589. The number of β-amino-alcohol motifs (C(OH)–C–C–N with tert-alkyl or cyclic N) is 1. The molecule has 1 amide bonds. The maximum atomic E-state index is 12.3. The molecule has 0 radical (unpaired) electrons. The second kappa shape index (κ2) is 5.36. The molecule has 0 aliphatic carbocycles. The number of aliphatic hydroxyl groups excluding tert-OH is 1. The molecule has 1 saturated heterocycles. The molecule has 20 heavy (non-hydrogen) atoms. The van der Waals surface area contributed by atoms with Gasteiger partial charge >= 0.3 is 0 Å². The van der Waals surface area contributed by atoms with Crippen LogP contribution >= 0.6 is 11.3 Å². The summed E-state index contributed by atoms with van der Waals surface area (Å²) in [6, 6.07) is 11.9. The van der Waals surface area contributed by atoms with Gasteiger partial charge in [-0.2, -0.15) is 0 Å². The van der Waals surface area contributed by atoms with E-state index in [1.807, 2.05) is 43.3 Å². The minimum Gasteiger partial charge on any atom is -0.389 e. The molecular weight excluding hydrogens is 274 g/mol. The van der Waals surface area contributed by atoms with Gasteiger partial charge in [0, 0.05) is 4.88 Å². The summed E-state index contributed by atoms with van der Waals surface area (Å²) < 4.78 is 0. The molecule has 4 nitrogen and oxygen atoms in total. The van der Waals surface area contributed by atoms with Crippen LogP contribution < -0.4 is 0 Å². The first kappa shape index (κ1) is 13.3. The van der Waals surface area contributed by atoms with Crippen molar-refractivity contribution in [3.05, 3.63) is 46.8 Å². The summed E-state index contributed by atoms with van der Waals surface area (Å²) in [4.78, 5) is 19.2. The first-order chi connectivity index (χ1) is 9.65. The molecule has 1 atom stereocenters. The fourth-order valence-electron chi connectivity index (χ4n) is 2.20. The Morgan fingerprint density at radius 3 is 2.80 bits per heavy atom. The van der Waals surface area contributed by atoms with Crippen LogP contribution in [0.15, 0.2) is 36.4 Å². The van der Waals surface area contributed by atoms with E-state index in [1.165, 1.54) is 16.4 Å². The number of carbonyl (C=O) groups is 1. The molecule has 1 unspecified atom stereocenters. The Hall–Kier alpha value is -1.69. The lowest BCUT2D eigenvalue weighted by Gasteiger charge is -2.11. The van der Waals surface area contributed by atoms with Crippen molar-refractivity contribution in [2.75, 3.05) is 13.2 Å². The van der Waals surface area contributed by atoms with Crippen LogP contribution in [0.2, 0.25) is 0 Å². The Morgan fingerprint density at radius 2 is 2.15 bits per heavy atom. The van der Waals surface area contributed by atoms with E-state index in [2.05, 4.69) is 0 Å². The lowest BCUT2D eigenvalue weighted by molar-refractivity contribution is -0.0776. The van der Waals surface area contributed by atoms with E-state index in [-0.39, 0.29) is 19.1 Å². The summed E-state index contributed by atoms with van der Waals surface area (Å²) in [5.74, 6) is -0.183. The smallest absolute Gasteiger partial charge is 0.287 e. The number of carbonyl (C=O) groups excluding carboxylic acids is 1. The Labute approximate surface area is 121 Å². The standard InChI is InChI=1S/C15H15NO3S/c1-10-7-13(15(18)16-8-12(17)9-19-16)20-14(10)11-5-3-2-4-6-11/h2-7,12,17H,8-9H2,1H3. The second-order valence-corrected chi connectivity index (χ2v) is 5.86. The van der Waals surface area contributed by atoms with Crippen LogP contribution in [0.25, 0.3) is 10.4 Å². The van der Waals surface area contributed by atoms with Gasteiger partial charge in [-0.3, -0.25) is 9.63 Å². The first-order valence-electron chi connectivity index (χ1n) is 6.44. The van der Waals surface area contributed by atoms with Crippen LogP contribution in [-0.4, -0.2) is 35.3 Å². The summed E-state index contributed by atoms with van der Waals surface area (Å²) in [5.41, 5.74) is 2.18. The highest BCUT2D eigenvalue weighted by Gasteiger charge is 2.28. The van der Waals surface area contributed by atoms with Gasteiger partial charge in [0.25, 0.3) is 5.91 Å². The zero-order valence-corrected chi connectivity index (χ0v) is 11.9. The van der Waals surface area contributed by atoms with Crippen molar-refractivity contribution in [3.63, 3.8) is 0 Å². The van der Waals surface area contributed by atoms with Crippen LogP contribution in [0.1, 0.15) is 15.2 Å². The van der Waals surface area contributed by atoms with Crippen molar-refractivity contribution < 1.29 is 14.7 Å². The summed E-state index contributed by atoms with van der Waals surface area (Å²) in [6.45, 7) is 2.41. The van der Waals surface area contributed by atoms with Crippen molar-refractivity contribution in [1.82, 2.24) is 5.06 Å². The Bertz CT molecular complexity index is 623. The molecule has 0 bridgehead atoms. The second-order valence-electron chi connectivity index (χ2n) is 4.80. The number of thiophene rings is 1. The fourth-order valence-corrected chi connectivity index (χ4v) is 3.32. The molecule has 2 aromatic rings. The normalized spacial score (nSPS) is 18.5. The topological polar surface area (TPSA) is 49.8 Å². The molecule has 3 rings (SSSR count). The first-order valence-corrected chi connectivity index (χ1v) is 7.25. The number of rotatable bonds is 2. The van der Waals surface area contributed by atoms with E-state index in [0.717, 1.165) is 16.0 Å². The van der Waals surface area contributed by atoms with Crippen LogP contribution in [0.3, 0.4) is 0 Å². The van der Waals surface area contributed by atoms with E-state index in [9.17, 15) is 9.90 Å². The highest BCUT2D eigenvalue weighted by molar-refractivity contribution is 7.17. The summed E-state index contributed by atoms with van der Waals surface area (Å²) in [5, 5.41) is 10.7. The molecule has 104 valence electrons. The SMILES string of the molecule is Cc1cc(C(=O)N2CC(O)CO2)sc1-c1ccccc1. The van der Waals surface area contributed by atoms with E-state index in [1.54, 1.807) is 0 Å². The minimum absolute atomic E-state index is 0.182. The van der Waals surface area contributed by atoms with Crippen molar-refractivity contribution in [1.29, 1.82) is 0 Å². The van der Waals surface area contributed by atoms with E-state index >= 15 is 0 Å². The monoisotopic (exact) mass is 289 g/mol. The quantitative estimate of drug-likeness (QED) is 0.924. The Kier molecular flexibility index (Phi) is 3.56. The van der Waals surface area contributed by atoms with E-state index in [4.69, 9.17) is 4.84 Å². The molecule has 1 fully saturated rings. The number of hydrogen-bond acceptors (Lipinski definition) is 4. The molecule has 2 heterocycles. The molecule has 0 spiro atoms. The van der Waals surface area contributed by atoms with Gasteiger partial charge in [0.1, 0.15) is 12.7 Å². The van der Waals surface area contributed by atoms with E-state index in [0.29, 0.717) is 4.88 Å².